The van der Waals surface area contributed by atoms with Gasteiger partial charge in [-0.05, 0) is 18.2 Å². The fourth-order valence-corrected chi connectivity index (χ4v) is 2.71. The summed E-state index contributed by atoms with van der Waals surface area (Å²) in [6.45, 7) is 2.05. The third-order valence-corrected chi connectivity index (χ3v) is 4.09. The van der Waals surface area contributed by atoms with Crippen molar-refractivity contribution in [1.82, 2.24) is 9.97 Å². The minimum Gasteiger partial charge on any atom is -0.383 e. The molecule has 2 amide bonds. The van der Waals surface area contributed by atoms with Crippen LogP contribution in [0, 0.1) is 11.3 Å². The molecule has 1 aromatic heterocycles. The smallest absolute Gasteiger partial charge is 0.325 e. The number of anilines is 3. The predicted molar refractivity (Wildman–Crippen MR) is 106 cm³/mol. The molecule has 28 heavy (non-hydrogen) atoms. The van der Waals surface area contributed by atoms with E-state index in [9.17, 15) is 4.79 Å². The van der Waals surface area contributed by atoms with Crippen LogP contribution in [0.5, 0.6) is 0 Å². The molecule has 2 rings (SSSR count). The average Bonchev–Trinajstić information content (AvgIpc) is 2.69. The lowest BCUT2D eigenvalue weighted by atomic mass is 10.2. The molecule has 0 fully saturated rings. The van der Waals surface area contributed by atoms with Crippen molar-refractivity contribution in [1.29, 1.82) is 5.26 Å². The Kier molecular flexibility index (Phi) is 7.95. The van der Waals surface area contributed by atoms with E-state index in [0.29, 0.717) is 42.7 Å². The van der Waals surface area contributed by atoms with Gasteiger partial charge < -0.3 is 20.1 Å². The molecule has 0 aliphatic rings. The molecule has 1 aromatic carbocycles. The number of carbonyl (C=O) groups is 1. The summed E-state index contributed by atoms with van der Waals surface area (Å²) in [5.74, 6) is 0.174. The van der Waals surface area contributed by atoms with Crippen molar-refractivity contribution in [2.75, 3.05) is 50.3 Å². The van der Waals surface area contributed by atoms with Crippen molar-refractivity contribution in [2.45, 2.75) is 0 Å². The normalized spacial score (nSPS) is 10.4. The van der Waals surface area contributed by atoms with E-state index >= 15 is 0 Å². The van der Waals surface area contributed by atoms with Crippen LogP contribution in [0.25, 0.3) is 0 Å². The molecule has 9 nitrogen and oxygen atoms in total. The standard InChI is InChI=1S/C18H21ClN6O3/c1-27-7-5-24(6-8-28-2)15-4-3-13(19)9-16(15)25(18(21)26)17-12-22-14(10-20)11-23-17/h3-4,9,11-12H,5-8H2,1-2H3,(H2,21,26). The largest absolute Gasteiger partial charge is 0.383 e. The van der Waals surface area contributed by atoms with E-state index in [1.54, 1.807) is 32.4 Å². The number of nitrogens with two attached hydrogens (primary N) is 1. The first-order chi connectivity index (χ1) is 13.5. The summed E-state index contributed by atoms with van der Waals surface area (Å²) in [5.41, 5.74) is 6.89. The van der Waals surface area contributed by atoms with Crippen LogP contribution in [0.4, 0.5) is 22.0 Å². The summed E-state index contributed by atoms with van der Waals surface area (Å²) in [6, 6.07) is 6.24. The minimum atomic E-state index is -0.763. The van der Waals surface area contributed by atoms with Crippen LogP contribution >= 0.6 is 11.6 Å². The third-order valence-electron chi connectivity index (χ3n) is 3.85. The number of hydrogen-bond acceptors (Lipinski definition) is 7. The topological polar surface area (TPSA) is 118 Å². The van der Waals surface area contributed by atoms with Crippen LogP contribution in [0.2, 0.25) is 5.02 Å². The molecule has 2 aromatic rings. The Labute approximate surface area is 168 Å². The van der Waals surface area contributed by atoms with Crippen LogP contribution in [-0.2, 0) is 9.47 Å². The number of nitriles is 1. The summed E-state index contributed by atoms with van der Waals surface area (Å²) in [7, 11) is 3.22. The second-order valence-electron chi connectivity index (χ2n) is 5.65. The molecule has 0 radical (unpaired) electrons. The van der Waals surface area contributed by atoms with Gasteiger partial charge in [-0.15, -0.1) is 0 Å². The monoisotopic (exact) mass is 404 g/mol. The number of halogens is 1. The number of primary amides is 1. The third kappa shape index (κ3) is 5.29. The predicted octanol–water partition coefficient (Wildman–Crippen LogP) is 2.32. The molecule has 0 saturated heterocycles. The number of benzene rings is 1. The van der Waals surface area contributed by atoms with Gasteiger partial charge in [0.25, 0.3) is 0 Å². The zero-order valence-corrected chi connectivity index (χ0v) is 16.4. The maximum Gasteiger partial charge on any atom is 0.325 e. The number of methoxy groups -OCH3 is 2. The first-order valence-electron chi connectivity index (χ1n) is 8.36. The molecule has 0 bridgehead atoms. The Hall–Kier alpha value is -2.93. The lowest BCUT2D eigenvalue weighted by Gasteiger charge is -2.30. The maximum atomic E-state index is 12.3. The first kappa shape index (κ1) is 21.4. The van der Waals surface area contributed by atoms with Gasteiger partial charge in [0.1, 0.15) is 6.07 Å². The van der Waals surface area contributed by atoms with Gasteiger partial charge in [0.15, 0.2) is 11.5 Å². The summed E-state index contributed by atoms with van der Waals surface area (Å²) >= 11 is 6.19. The first-order valence-corrected chi connectivity index (χ1v) is 8.73. The number of urea groups is 1. The van der Waals surface area contributed by atoms with Gasteiger partial charge in [-0.25, -0.2) is 19.7 Å². The van der Waals surface area contributed by atoms with E-state index in [1.807, 2.05) is 11.0 Å². The van der Waals surface area contributed by atoms with Crippen LogP contribution in [0.15, 0.2) is 30.6 Å². The second kappa shape index (κ2) is 10.4. The molecule has 0 atom stereocenters. The van der Waals surface area contributed by atoms with E-state index in [2.05, 4.69) is 9.97 Å². The van der Waals surface area contributed by atoms with Gasteiger partial charge in [0, 0.05) is 32.3 Å². The van der Waals surface area contributed by atoms with E-state index < -0.39 is 6.03 Å². The number of amides is 2. The molecular formula is C18H21ClN6O3. The average molecular weight is 405 g/mol. The number of ether oxygens (including phenoxy) is 2. The molecule has 1 heterocycles. The molecule has 0 aliphatic heterocycles. The highest BCUT2D eigenvalue weighted by molar-refractivity contribution is 6.31. The van der Waals surface area contributed by atoms with Crippen molar-refractivity contribution in [3.63, 3.8) is 0 Å². The molecule has 0 spiro atoms. The summed E-state index contributed by atoms with van der Waals surface area (Å²) in [6.07, 6.45) is 2.58. The Morgan fingerprint density at radius 1 is 1.18 bits per heavy atom. The summed E-state index contributed by atoms with van der Waals surface area (Å²) in [5, 5.41) is 9.33. The van der Waals surface area contributed by atoms with Gasteiger partial charge in [-0.2, -0.15) is 5.26 Å². The number of aromatic nitrogens is 2. The highest BCUT2D eigenvalue weighted by Gasteiger charge is 2.23. The van der Waals surface area contributed by atoms with Crippen molar-refractivity contribution >= 4 is 34.8 Å². The van der Waals surface area contributed by atoms with Crippen LogP contribution in [0.1, 0.15) is 5.69 Å². The van der Waals surface area contributed by atoms with E-state index in [4.69, 9.17) is 32.1 Å². The minimum absolute atomic E-state index is 0.126. The maximum absolute atomic E-state index is 12.3. The number of carbonyl (C=O) groups excluding carboxylic acids is 1. The van der Waals surface area contributed by atoms with Crippen molar-refractivity contribution < 1.29 is 14.3 Å². The van der Waals surface area contributed by atoms with Crippen LogP contribution in [-0.4, -0.2) is 56.5 Å². The van der Waals surface area contributed by atoms with Gasteiger partial charge in [0.05, 0.1) is 37.0 Å². The molecule has 2 N–H and O–H groups in total. The second-order valence-corrected chi connectivity index (χ2v) is 6.09. The number of hydrogen-bond donors (Lipinski definition) is 1. The number of nitrogens with zero attached hydrogens (tertiary/aromatic N) is 5. The molecular weight excluding hydrogens is 384 g/mol. The van der Waals surface area contributed by atoms with E-state index in [-0.39, 0.29) is 11.5 Å². The molecule has 0 unspecified atom stereocenters. The SMILES string of the molecule is COCCN(CCOC)c1ccc(Cl)cc1N(C(N)=O)c1cnc(C#N)cn1. The molecule has 0 aliphatic carbocycles. The van der Waals surface area contributed by atoms with E-state index in [0.717, 1.165) is 0 Å². The highest BCUT2D eigenvalue weighted by Crippen LogP contribution is 2.35. The molecule has 10 heteroatoms. The quantitative estimate of drug-likeness (QED) is 0.681. The molecule has 0 saturated carbocycles. The zero-order chi connectivity index (χ0) is 20.5. The summed E-state index contributed by atoms with van der Waals surface area (Å²) < 4.78 is 10.4. The Morgan fingerprint density at radius 3 is 2.36 bits per heavy atom. The fraction of sp³-hybridized carbons (Fsp3) is 0.333. The van der Waals surface area contributed by atoms with Crippen molar-refractivity contribution in [2.24, 2.45) is 5.73 Å². The molecule has 148 valence electrons. The van der Waals surface area contributed by atoms with Gasteiger partial charge >= 0.3 is 6.03 Å². The van der Waals surface area contributed by atoms with Gasteiger partial charge in [-0.1, -0.05) is 11.6 Å². The fourth-order valence-electron chi connectivity index (χ4n) is 2.55. The zero-order valence-electron chi connectivity index (χ0n) is 15.6. The van der Waals surface area contributed by atoms with Crippen molar-refractivity contribution in [3.05, 3.63) is 41.3 Å². The highest BCUT2D eigenvalue weighted by atomic mass is 35.5. The lowest BCUT2D eigenvalue weighted by molar-refractivity contribution is 0.190. The van der Waals surface area contributed by atoms with Gasteiger partial charge in [0.2, 0.25) is 0 Å². The van der Waals surface area contributed by atoms with Crippen molar-refractivity contribution in [3.8, 4) is 6.07 Å². The Balaban J connectivity index is 2.54. The summed E-state index contributed by atoms with van der Waals surface area (Å²) in [4.78, 5) is 23.6. The van der Waals surface area contributed by atoms with Crippen LogP contribution in [0.3, 0.4) is 0 Å². The number of rotatable bonds is 9. The van der Waals surface area contributed by atoms with Gasteiger partial charge in [-0.3, -0.25) is 0 Å². The Bertz CT molecular complexity index is 832. The lowest BCUT2D eigenvalue weighted by Crippen LogP contribution is -2.36. The Morgan fingerprint density at radius 2 is 1.86 bits per heavy atom. The van der Waals surface area contributed by atoms with Crippen LogP contribution < -0.4 is 15.5 Å². The van der Waals surface area contributed by atoms with E-state index in [1.165, 1.54) is 17.3 Å².